The fourth-order valence-corrected chi connectivity index (χ4v) is 2.64. The molecule has 110 valence electrons. The van der Waals surface area contributed by atoms with Crippen molar-refractivity contribution in [3.8, 4) is 5.75 Å². The quantitative estimate of drug-likeness (QED) is 0.928. The zero-order valence-electron chi connectivity index (χ0n) is 11.8. The molecule has 0 saturated heterocycles. The molecule has 2 aromatic carbocycles. The first-order valence-electron chi connectivity index (χ1n) is 7.07. The summed E-state index contributed by atoms with van der Waals surface area (Å²) >= 11 is 0. The minimum atomic E-state index is -0.814. The molecule has 21 heavy (non-hydrogen) atoms. The average molecular weight is 289 g/mol. The Morgan fingerprint density at radius 2 is 2.00 bits per heavy atom. The summed E-state index contributed by atoms with van der Waals surface area (Å²) in [6, 6.07) is 11.9. The first kappa shape index (κ1) is 14.0. The second-order valence-corrected chi connectivity index (χ2v) is 5.32. The Balaban J connectivity index is 1.60. The van der Waals surface area contributed by atoms with Crippen molar-refractivity contribution in [2.24, 2.45) is 0 Å². The molecule has 0 spiro atoms. The van der Waals surface area contributed by atoms with Gasteiger partial charge in [-0.05, 0) is 24.6 Å². The normalized spacial score (nSPS) is 18.1. The van der Waals surface area contributed by atoms with E-state index in [1.165, 1.54) is 11.6 Å². The number of rotatable bonds is 4. The molecule has 0 radical (unpaired) electrons. The van der Waals surface area contributed by atoms with E-state index in [4.69, 9.17) is 4.74 Å². The lowest BCUT2D eigenvalue weighted by atomic mass is 10.1. The van der Waals surface area contributed by atoms with Gasteiger partial charge in [-0.15, -0.1) is 0 Å². The molecule has 2 nitrogen and oxygen atoms in total. The lowest BCUT2D eigenvalue weighted by molar-refractivity contribution is 0.222. The van der Waals surface area contributed by atoms with E-state index >= 15 is 0 Å². The van der Waals surface area contributed by atoms with Crippen LogP contribution in [0.5, 0.6) is 5.75 Å². The number of hydrogen-bond acceptors (Lipinski definition) is 2. The van der Waals surface area contributed by atoms with Crippen molar-refractivity contribution >= 4 is 0 Å². The minimum Gasteiger partial charge on any atom is -0.488 e. The highest BCUT2D eigenvalue weighted by Crippen LogP contribution is 2.28. The van der Waals surface area contributed by atoms with E-state index in [9.17, 15) is 8.78 Å². The third-order valence-corrected chi connectivity index (χ3v) is 3.81. The fraction of sp³-hybridized carbons (Fsp3) is 0.294. The van der Waals surface area contributed by atoms with Crippen LogP contribution in [0, 0.1) is 11.6 Å². The van der Waals surface area contributed by atoms with E-state index in [1.807, 2.05) is 31.2 Å². The molecular weight excluding hydrogens is 272 g/mol. The van der Waals surface area contributed by atoms with Gasteiger partial charge in [-0.3, -0.25) is 0 Å². The monoisotopic (exact) mass is 289 g/mol. The maximum Gasteiger partial charge on any atom is 0.163 e. The van der Waals surface area contributed by atoms with E-state index in [2.05, 4.69) is 5.32 Å². The van der Waals surface area contributed by atoms with Gasteiger partial charge in [0, 0.05) is 24.6 Å². The van der Waals surface area contributed by atoms with Gasteiger partial charge in [0.05, 0.1) is 0 Å². The Morgan fingerprint density at radius 1 is 1.19 bits per heavy atom. The van der Waals surface area contributed by atoms with Crippen molar-refractivity contribution < 1.29 is 13.5 Å². The standard InChI is InChI=1S/C17H17F2NO/c1-11(14-6-4-7-15(18)17(14)19)20-10-13-9-12-5-2-3-8-16(12)21-13/h2-8,11,13,20H,9-10H2,1H3. The van der Waals surface area contributed by atoms with Crippen LogP contribution >= 0.6 is 0 Å². The van der Waals surface area contributed by atoms with Crippen molar-refractivity contribution in [2.45, 2.75) is 25.5 Å². The number of hydrogen-bond donors (Lipinski definition) is 1. The maximum atomic E-state index is 13.7. The van der Waals surface area contributed by atoms with E-state index in [0.29, 0.717) is 12.1 Å². The summed E-state index contributed by atoms with van der Waals surface area (Å²) in [5, 5.41) is 3.21. The van der Waals surface area contributed by atoms with Crippen molar-refractivity contribution in [2.75, 3.05) is 6.54 Å². The Bertz CT molecular complexity index is 619. The number of benzene rings is 2. The summed E-state index contributed by atoms with van der Waals surface area (Å²) in [6.45, 7) is 2.41. The summed E-state index contributed by atoms with van der Waals surface area (Å²) in [5.41, 5.74) is 1.53. The lowest BCUT2D eigenvalue weighted by Gasteiger charge is -2.18. The molecule has 2 aromatic rings. The van der Waals surface area contributed by atoms with Crippen LogP contribution in [0.2, 0.25) is 0 Å². The highest BCUT2D eigenvalue weighted by Gasteiger charge is 2.23. The summed E-state index contributed by atoms with van der Waals surface area (Å²) < 4.78 is 32.8. The van der Waals surface area contributed by atoms with Crippen LogP contribution < -0.4 is 10.1 Å². The Hall–Kier alpha value is -1.94. The van der Waals surface area contributed by atoms with Gasteiger partial charge in [-0.2, -0.15) is 0 Å². The lowest BCUT2D eigenvalue weighted by Crippen LogP contribution is -2.32. The van der Waals surface area contributed by atoms with Gasteiger partial charge in [-0.1, -0.05) is 30.3 Å². The first-order valence-corrected chi connectivity index (χ1v) is 7.07. The van der Waals surface area contributed by atoms with Gasteiger partial charge < -0.3 is 10.1 Å². The van der Waals surface area contributed by atoms with Crippen LogP contribution in [-0.4, -0.2) is 12.6 Å². The zero-order chi connectivity index (χ0) is 14.8. The molecule has 0 bridgehead atoms. The van der Waals surface area contributed by atoms with Gasteiger partial charge in [0.1, 0.15) is 11.9 Å². The van der Waals surface area contributed by atoms with E-state index in [1.54, 1.807) is 6.07 Å². The van der Waals surface area contributed by atoms with Crippen LogP contribution in [0.1, 0.15) is 24.1 Å². The molecule has 0 fully saturated rings. The van der Waals surface area contributed by atoms with Gasteiger partial charge in [0.2, 0.25) is 0 Å². The van der Waals surface area contributed by atoms with Crippen LogP contribution in [0.15, 0.2) is 42.5 Å². The summed E-state index contributed by atoms with van der Waals surface area (Å²) in [7, 11) is 0. The molecule has 2 atom stereocenters. The molecule has 0 aliphatic carbocycles. The van der Waals surface area contributed by atoms with Gasteiger partial charge >= 0.3 is 0 Å². The predicted octanol–water partition coefficient (Wildman–Crippen LogP) is 3.62. The molecule has 1 aliphatic heterocycles. The van der Waals surface area contributed by atoms with Gasteiger partial charge in [0.15, 0.2) is 11.6 Å². The molecule has 4 heteroatoms. The molecule has 2 unspecified atom stereocenters. The van der Waals surface area contributed by atoms with Crippen LogP contribution in [0.3, 0.4) is 0 Å². The number of ether oxygens (including phenoxy) is 1. The molecule has 0 aromatic heterocycles. The number of fused-ring (bicyclic) bond motifs is 1. The van der Waals surface area contributed by atoms with Crippen LogP contribution in [0.4, 0.5) is 8.78 Å². The van der Waals surface area contributed by atoms with Crippen LogP contribution in [0.25, 0.3) is 0 Å². The zero-order valence-corrected chi connectivity index (χ0v) is 11.8. The smallest absolute Gasteiger partial charge is 0.163 e. The van der Waals surface area contributed by atoms with E-state index in [0.717, 1.165) is 18.2 Å². The fourth-order valence-electron chi connectivity index (χ4n) is 2.64. The molecular formula is C17H17F2NO. The molecule has 3 rings (SSSR count). The van der Waals surface area contributed by atoms with Crippen molar-refractivity contribution in [3.05, 3.63) is 65.2 Å². The summed E-state index contributed by atoms with van der Waals surface area (Å²) in [5.74, 6) is -0.687. The Morgan fingerprint density at radius 3 is 2.81 bits per heavy atom. The Kier molecular flexibility index (Phi) is 3.88. The number of para-hydroxylation sites is 1. The maximum absolute atomic E-state index is 13.7. The van der Waals surface area contributed by atoms with Gasteiger partial charge in [0.25, 0.3) is 0 Å². The second kappa shape index (κ2) is 5.82. The largest absolute Gasteiger partial charge is 0.488 e. The molecule has 1 N–H and O–H groups in total. The molecule has 1 aliphatic rings. The van der Waals surface area contributed by atoms with Crippen molar-refractivity contribution in [3.63, 3.8) is 0 Å². The molecule has 1 heterocycles. The van der Waals surface area contributed by atoms with Crippen molar-refractivity contribution in [1.82, 2.24) is 5.32 Å². The topological polar surface area (TPSA) is 21.3 Å². The van der Waals surface area contributed by atoms with E-state index < -0.39 is 11.6 Å². The van der Waals surface area contributed by atoms with E-state index in [-0.39, 0.29) is 12.1 Å². The summed E-state index contributed by atoms with van der Waals surface area (Å²) in [6.07, 6.45) is 0.864. The highest BCUT2D eigenvalue weighted by molar-refractivity contribution is 5.37. The highest BCUT2D eigenvalue weighted by atomic mass is 19.2. The first-order chi connectivity index (χ1) is 10.1. The van der Waals surface area contributed by atoms with Gasteiger partial charge in [-0.25, -0.2) is 8.78 Å². The molecule has 0 amide bonds. The second-order valence-electron chi connectivity index (χ2n) is 5.32. The Labute approximate surface area is 122 Å². The van der Waals surface area contributed by atoms with Crippen molar-refractivity contribution in [1.29, 1.82) is 0 Å². The SMILES string of the molecule is CC(NCC1Cc2ccccc2O1)c1cccc(F)c1F. The average Bonchev–Trinajstić information content (AvgIpc) is 2.90. The number of halogens is 2. The minimum absolute atomic E-state index is 0.0291. The predicted molar refractivity (Wildman–Crippen MR) is 77.3 cm³/mol. The molecule has 0 saturated carbocycles. The van der Waals surface area contributed by atoms with Crippen LogP contribution in [-0.2, 0) is 6.42 Å². The summed E-state index contributed by atoms with van der Waals surface area (Å²) in [4.78, 5) is 0. The number of nitrogens with one attached hydrogen (secondary N) is 1. The third kappa shape index (κ3) is 2.90. The third-order valence-electron chi connectivity index (χ3n) is 3.81.